The Labute approximate surface area is 133 Å². The Morgan fingerprint density at radius 2 is 2.10 bits per heavy atom. The number of rotatable bonds is 3. The number of carbonyl (C=O) groups is 1. The Kier molecular flexibility index (Phi) is 4.34. The summed E-state index contributed by atoms with van der Waals surface area (Å²) in [4.78, 5) is 12.3. The molecule has 3 rings (SSSR count). The number of halogens is 1. The summed E-state index contributed by atoms with van der Waals surface area (Å²) in [5, 5.41) is 4.03. The van der Waals surface area contributed by atoms with Gasteiger partial charge in [-0.1, -0.05) is 35.2 Å². The van der Waals surface area contributed by atoms with Crippen molar-refractivity contribution < 1.29 is 9.21 Å². The highest BCUT2D eigenvalue weighted by atomic mass is 79.9. The second kappa shape index (κ2) is 6.22. The summed E-state index contributed by atoms with van der Waals surface area (Å²) in [6.45, 7) is 2.70. The van der Waals surface area contributed by atoms with E-state index in [4.69, 9.17) is 4.42 Å². The van der Waals surface area contributed by atoms with E-state index >= 15 is 0 Å². The van der Waals surface area contributed by atoms with Crippen LogP contribution in [0.4, 0.5) is 0 Å². The fraction of sp³-hybridized carbons (Fsp3) is 0.471. The predicted molar refractivity (Wildman–Crippen MR) is 87.6 cm³/mol. The zero-order valence-electron chi connectivity index (χ0n) is 12.2. The maximum absolute atomic E-state index is 12.3. The maximum atomic E-state index is 12.3. The number of amides is 1. The first-order valence-corrected chi connectivity index (χ1v) is 8.41. The van der Waals surface area contributed by atoms with E-state index in [1.165, 1.54) is 32.1 Å². The van der Waals surface area contributed by atoms with Crippen LogP contribution in [0.15, 0.2) is 27.1 Å². The van der Waals surface area contributed by atoms with Crippen LogP contribution in [0.25, 0.3) is 11.0 Å². The van der Waals surface area contributed by atoms with Crippen LogP contribution in [0.1, 0.15) is 48.2 Å². The van der Waals surface area contributed by atoms with Gasteiger partial charge < -0.3 is 9.73 Å². The molecule has 112 valence electrons. The van der Waals surface area contributed by atoms with Crippen LogP contribution < -0.4 is 5.32 Å². The van der Waals surface area contributed by atoms with E-state index in [0.717, 1.165) is 27.6 Å². The summed E-state index contributed by atoms with van der Waals surface area (Å²) in [6.07, 6.45) is 6.37. The van der Waals surface area contributed by atoms with E-state index in [0.29, 0.717) is 11.7 Å². The fourth-order valence-corrected chi connectivity index (χ4v) is 3.48. The zero-order valence-corrected chi connectivity index (χ0v) is 13.8. The van der Waals surface area contributed by atoms with Crippen molar-refractivity contribution in [3.8, 4) is 0 Å². The summed E-state index contributed by atoms with van der Waals surface area (Å²) in [7, 11) is 0. The predicted octanol–water partition coefficient (Wildman–Crippen LogP) is 4.81. The Hall–Kier alpha value is -1.29. The number of hydrogen-bond donors (Lipinski definition) is 1. The maximum Gasteiger partial charge on any atom is 0.287 e. The summed E-state index contributed by atoms with van der Waals surface area (Å²) < 4.78 is 6.72. The molecular weight excluding hydrogens is 330 g/mol. The quantitative estimate of drug-likeness (QED) is 0.863. The molecule has 4 heteroatoms. The van der Waals surface area contributed by atoms with E-state index in [1.807, 2.05) is 25.1 Å². The topological polar surface area (TPSA) is 42.2 Å². The number of benzene rings is 1. The molecule has 0 unspecified atom stereocenters. The lowest BCUT2D eigenvalue weighted by atomic mass is 9.89. The summed E-state index contributed by atoms with van der Waals surface area (Å²) >= 11 is 3.45. The van der Waals surface area contributed by atoms with Crippen molar-refractivity contribution >= 4 is 32.8 Å². The van der Waals surface area contributed by atoms with Gasteiger partial charge in [-0.2, -0.15) is 0 Å². The highest BCUT2D eigenvalue weighted by Crippen LogP contribution is 2.28. The molecule has 1 aliphatic rings. The van der Waals surface area contributed by atoms with Crippen LogP contribution >= 0.6 is 15.9 Å². The molecule has 0 bridgehead atoms. The highest BCUT2D eigenvalue weighted by molar-refractivity contribution is 9.10. The first-order chi connectivity index (χ1) is 10.1. The first-order valence-electron chi connectivity index (χ1n) is 7.62. The van der Waals surface area contributed by atoms with Crippen molar-refractivity contribution in [1.82, 2.24) is 5.32 Å². The number of carbonyl (C=O) groups excluding carboxylic acids is 1. The van der Waals surface area contributed by atoms with E-state index < -0.39 is 0 Å². The van der Waals surface area contributed by atoms with Gasteiger partial charge in [-0.15, -0.1) is 0 Å². The van der Waals surface area contributed by atoms with Crippen molar-refractivity contribution in [3.63, 3.8) is 0 Å². The Bertz CT molecular complexity index is 656. The van der Waals surface area contributed by atoms with Gasteiger partial charge >= 0.3 is 0 Å². The third kappa shape index (κ3) is 3.15. The summed E-state index contributed by atoms with van der Waals surface area (Å²) in [5.41, 5.74) is 1.67. The van der Waals surface area contributed by atoms with Gasteiger partial charge in [0.1, 0.15) is 5.58 Å². The fourth-order valence-electron chi connectivity index (χ4n) is 3.12. The first kappa shape index (κ1) is 14.6. The standard InChI is InChI=1S/C17H20BrNO2/c1-11-14-9-13(18)7-8-15(14)21-16(11)17(20)19-10-12-5-3-2-4-6-12/h7-9,12H,2-6,10H2,1H3,(H,19,20). The normalized spacial score (nSPS) is 16.3. The molecule has 3 nitrogen and oxygen atoms in total. The molecule has 1 fully saturated rings. The number of hydrogen-bond acceptors (Lipinski definition) is 2. The Morgan fingerprint density at radius 1 is 1.33 bits per heavy atom. The lowest BCUT2D eigenvalue weighted by Crippen LogP contribution is -2.30. The second-order valence-electron chi connectivity index (χ2n) is 5.91. The monoisotopic (exact) mass is 349 g/mol. The van der Waals surface area contributed by atoms with Crippen LogP contribution in [0.3, 0.4) is 0 Å². The van der Waals surface area contributed by atoms with Crippen LogP contribution in [-0.2, 0) is 0 Å². The van der Waals surface area contributed by atoms with Gasteiger partial charge in [0.15, 0.2) is 5.76 Å². The van der Waals surface area contributed by atoms with Crippen molar-refractivity contribution in [2.45, 2.75) is 39.0 Å². The molecule has 1 aromatic heterocycles. The SMILES string of the molecule is Cc1c(C(=O)NCC2CCCCC2)oc2ccc(Br)cc12. The molecule has 0 saturated heterocycles. The van der Waals surface area contributed by atoms with Gasteiger partial charge in [0.2, 0.25) is 0 Å². The van der Waals surface area contributed by atoms with Gasteiger partial charge in [0, 0.05) is 22.0 Å². The van der Waals surface area contributed by atoms with Crippen LogP contribution in [0.2, 0.25) is 0 Å². The van der Waals surface area contributed by atoms with Crippen molar-refractivity contribution in [3.05, 3.63) is 34.0 Å². The van der Waals surface area contributed by atoms with Crippen molar-refractivity contribution in [2.75, 3.05) is 6.54 Å². The smallest absolute Gasteiger partial charge is 0.287 e. The van der Waals surface area contributed by atoms with E-state index in [9.17, 15) is 4.79 Å². The molecule has 1 aliphatic carbocycles. The minimum absolute atomic E-state index is 0.0922. The van der Waals surface area contributed by atoms with Gasteiger partial charge in [0.25, 0.3) is 5.91 Å². The molecule has 1 N–H and O–H groups in total. The summed E-state index contributed by atoms with van der Waals surface area (Å²) in [5.74, 6) is 0.978. The molecule has 1 heterocycles. The Balaban J connectivity index is 1.73. The largest absolute Gasteiger partial charge is 0.451 e. The molecule has 2 aromatic rings. The zero-order chi connectivity index (χ0) is 14.8. The number of aryl methyl sites for hydroxylation is 1. The lowest BCUT2D eigenvalue weighted by Gasteiger charge is -2.21. The Morgan fingerprint density at radius 3 is 2.86 bits per heavy atom. The van der Waals surface area contributed by atoms with E-state index in [-0.39, 0.29) is 5.91 Å². The van der Waals surface area contributed by atoms with E-state index in [1.54, 1.807) is 0 Å². The molecule has 0 aliphatic heterocycles. The van der Waals surface area contributed by atoms with Crippen molar-refractivity contribution in [1.29, 1.82) is 0 Å². The molecule has 0 atom stereocenters. The van der Waals surface area contributed by atoms with Gasteiger partial charge in [-0.05, 0) is 43.9 Å². The third-order valence-electron chi connectivity index (χ3n) is 4.38. The molecule has 1 aromatic carbocycles. The molecule has 21 heavy (non-hydrogen) atoms. The average molecular weight is 350 g/mol. The highest BCUT2D eigenvalue weighted by Gasteiger charge is 2.19. The minimum Gasteiger partial charge on any atom is -0.451 e. The van der Waals surface area contributed by atoms with E-state index in [2.05, 4.69) is 21.2 Å². The minimum atomic E-state index is -0.0922. The van der Waals surface area contributed by atoms with Gasteiger partial charge in [-0.25, -0.2) is 0 Å². The average Bonchev–Trinajstić information content (AvgIpc) is 2.83. The molecule has 1 amide bonds. The van der Waals surface area contributed by atoms with Crippen molar-refractivity contribution in [2.24, 2.45) is 5.92 Å². The van der Waals surface area contributed by atoms with Gasteiger partial charge in [0.05, 0.1) is 0 Å². The lowest BCUT2D eigenvalue weighted by molar-refractivity contribution is 0.0917. The number of nitrogens with one attached hydrogen (secondary N) is 1. The molecule has 0 spiro atoms. The van der Waals surface area contributed by atoms with Gasteiger partial charge in [-0.3, -0.25) is 4.79 Å². The van der Waals surface area contributed by atoms with Crippen LogP contribution in [-0.4, -0.2) is 12.5 Å². The molecule has 1 saturated carbocycles. The number of furan rings is 1. The second-order valence-corrected chi connectivity index (χ2v) is 6.83. The van der Waals surface area contributed by atoms with Crippen LogP contribution in [0.5, 0.6) is 0 Å². The number of fused-ring (bicyclic) bond motifs is 1. The summed E-state index contributed by atoms with van der Waals surface area (Å²) in [6, 6.07) is 5.81. The molecule has 0 radical (unpaired) electrons. The third-order valence-corrected chi connectivity index (χ3v) is 4.87. The van der Waals surface area contributed by atoms with Crippen LogP contribution in [0, 0.1) is 12.8 Å². The molecular formula is C17H20BrNO2.